The summed E-state index contributed by atoms with van der Waals surface area (Å²) in [6, 6.07) is 0. The summed E-state index contributed by atoms with van der Waals surface area (Å²) >= 11 is 0. The van der Waals surface area contributed by atoms with Crippen LogP contribution in [0.15, 0.2) is 0 Å². The molecule has 15 heavy (non-hydrogen) atoms. The topological polar surface area (TPSA) is 29.5 Å². The first-order valence-electron chi connectivity index (χ1n) is 6.27. The van der Waals surface area contributed by atoms with Crippen LogP contribution in [0.3, 0.4) is 0 Å². The van der Waals surface area contributed by atoms with E-state index in [4.69, 9.17) is 4.74 Å². The van der Waals surface area contributed by atoms with Gasteiger partial charge < -0.3 is 9.84 Å². The van der Waals surface area contributed by atoms with Crippen LogP contribution < -0.4 is 0 Å². The number of hydrogen-bond acceptors (Lipinski definition) is 2. The SMILES string of the molecule is CCC(C)C(CCC(C)C)OCC(C)O. The van der Waals surface area contributed by atoms with Crippen LogP contribution in [-0.2, 0) is 4.74 Å². The molecule has 0 fully saturated rings. The Morgan fingerprint density at radius 1 is 1.07 bits per heavy atom. The van der Waals surface area contributed by atoms with Crippen molar-refractivity contribution in [3.05, 3.63) is 0 Å². The van der Waals surface area contributed by atoms with Crippen molar-refractivity contribution in [3.63, 3.8) is 0 Å². The van der Waals surface area contributed by atoms with Crippen molar-refractivity contribution < 1.29 is 9.84 Å². The number of hydrogen-bond donors (Lipinski definition) is 1. The molecule has 0 amide bonds. The van der Waals surface area contributed by atoms with Crippen molar-refractivity contribution in [2.45, 2.75) is 66.1 Å². The van der Waals surface area contributed by atoms with E-state index in [9.17, 15) is 5.11 Å². The van der Waals surface area contributed by atoms with Gasteiger partial charge in [0.25, 0.3) is 0 Å². The van der Waals surface area contributed by atoms with Crippen LogP contribution in [0.5, 0.6) is 0 Å². The van der Waals surface area contributed by atoms with Crippen molar-refractivity contribution in [1.82, 2.24) is 0 Å². The Balaban J connectivity index is 3.95. The van der Waals surface area contributed by atoms with Crippen LogP contribution in [0.4, 0.5) is 0 Å². The van der Waals surface area contributed by atoms with Gasteiger partial charge in [-0.2, -0.15) is 0 Å². The van der Waals surface area contributed by atoms with E-state index in [1.807, 2.05) is 0 Å². The molecular formula is C13H28O2. The largest absolute Gasteiger partial charge is 0.391 e. The summed E-state index contributed by atoms with van der Waals surface area (Å²) in [7, 11) is 0. The van der Waals surface area contributed by atoms with Crippen molar-refractivity contribution in [1.29, 1.82) is 0 Å². The minimum atomic E-state index is -0.351. The molecule has 0 rings (SSSR count). The fourth-order valence-corrected chi connectivity index (χ4v) is 1.56. The second kappa shape index (κ2) is 8.12. The number of rotatable bonds is 8. The smallest absolute Gasteiger partial charge is 0.0745 e. The van der Waals surface area contributed by atoms with E-state index in [0.717, 1.165) is 18.8 Å². The van der Waals surface area contributed by atoms with Gasteiger partial charge in [0.2, 0.25) is 0 Å². The molecule has 2 heteroatoms. The van der Waals surface area contributed by atoms with Crippen molar-refractivity contribution in [3.8, 4) is 0 Å². The van der Waals surface area contributed by atoms with E-state index in [1.54, 1.807) is 6.92 Å². The molecule has 92 valence electrons. The van der Waals surface area contributed by atoms with Crippen LogP contribution in [0.25, 0.3) is 0 Å². The second-order valence-electron chi connectivity index (χ2n) is 5.08. The van der Waals surface area contributed by atoms with Gasteiger partial charge >= 0.3 is 0 Å². The molecular weight excluding hydrogens is 188 g/mol. The Hall–Kier alpha value is -0.0800. The van der Waals surface area contributed by atoms with Crippen molar-refractivity contribution in [2.24, 2.45) is 11.8 Å². The molecule has 0 aromatic rings. The Morgan fingerprint density at radius 2 is 1.67 bits per heavy atom. The van der Waals surface area contributed by atoms with E-state index in [-0.39, 0.29) is 6.10 Å². The quantitative estimate of drug-likeness (QED) is 0.675. The lowest BCUT2D eigenvalue weighted by Crippen LogP contribution is -2.26. The number of aliphatic hydroxyl groups excluding tert-OH is 1. The lowest BCUT2D eigenvalue weighted by Gasteiger charge is -2.25. The van der Waals surface area contributed by atoms with Crippen LogP contribution in [-0.4, -0.2) is 23.9 Å². The van der Waals surface area contributed by atoms with E-state index >= 15 is 0 Å². The molecule has 0 heterocycles. The summed E-state index contributed by atoms with van der Waals surface area (Å²) in [5.41, 5.74) is 0. The minimum absolute atomic E-state index is 0.312. The van der Waals surface area contributed by atoms with Gasteiger partial charge in [-0.1, -0.05) is 34.1 Å². The predicted octanol–water partition coefficient (Wildman–Crippen LogP) is 3.23. The van der Waals surface area contributed by atoms with Gasteiger partial charge in [-0.25, -0.2) is 0 Å². The Labute approximate surface area is 95.0 Å². The fourth-order valence-electron chi connectivity index (χ4n) is 1.56. The van der Waals surface area contributed by atoms with Crippen LogP contribution in [0.2, 0.25) is 0 Å². The molecule has 0 radical (unpaired) electrons. The molecule has 0 saturated carbocycles. The first-order valence-corrected chi connectivity index (χ1v) is 6.27. The third-order valence-corrected chi connectivity index (χ3v) is 2.86. The normalized spacial score (nSPS) is 17.8. The molecule has 2 nitrogen and oxygen atoms in total. The van der Waals surface area contributed by atoms with Gasteiger partial charge in [0.15, 0.2) is 0 Å². The molecule has 0 spiro atoms. The maximum Gasteiger partial charge on any atom is 0.0745 e. The van der Waals surface area contributed by atoms with Crippen LogP contribution in [0.1, 0.15) is 53.9 Å². The molecule has 0 aliphatic rings. The van der Waals surface area contributed by atoms with Gasteiger partial charge in [0.1, 0.15) is 0 Å². The molecule has 0 aliphatic heterocycles. The zero-order chi connectivity index (χ0) is 11.8. The first kappa shape index (κ1) is 14.9. The lowest BCUT2D eigenvalue weighted by molar-refractivity contribution is -0.0327. The summed E-state index contributed by atoms with van der Waals surface area (Å²) in [5, 5.41) is 9.21. The highest BCUT2D eigenvalue weighted by molar-refractivity contribution is 4.67. The minimum Gasteiger partial charge on any atom is -0.391 e. The molecule has 1 N–H and O–H groups in total. The molecule has 3 unspecified atom stereocenters. The van der Waals surface area contributed by atoms with E-state index in [2.05, 4.69) is 27.7 Å². The lowest BCUT2D eigenvalue weighted by atomic mass is 9.94. The molecule has 0 saturated heterocycles. The molecule has 0 aromatic carbocycles. The van der Waals surface area contributed by atoms with Gasteiger partial charge in [-0.05, 0) is 31.6 Å². The van der Waals surface area contributed by atoms with Gasteiger partial charge in [-0.15, -0.1) is 0 Å². The van der Waals surface area contributed by atoms with E-state index in [0.29, 0.717) is 18.6 Å². The zero-order valence-corrected chi connectivity index (χ0v) is 11.0. The standard InChI is InChI=1S/C13H28O2/c1-6-11(4)13(8-7-10(2)3)15-9-12(5)14/h10-14H,6-9H2,1-5H3. The predicted molar refractivity (Wildman–Crippen MR) is 64.9 cm³/mol. The maximum atomic E-state index is 9.21. The number of ether oxygens (including phenoxy) is 1. The summed E-state index contributed by atoms with van der Waals surface area (Å²) in [6.45, 7) is 11.1. The Kier molecular flexibility index (Phi) is 8.07. The molecule has 0 aliphatic carbocycles. The first-order chi connectivity index (χ1) is 6.97. The second-order valence-corrected chi connectivity index (χ2v) is 5.08. The Morgan fingerprint density at radius 3 is 2.07 bits per heavy atom. The van der Waals surface area contributed by atoms with Gasteiger partial charge in [0.05, 0.1) is 18.8 Å². The third-order valence-electron chi connectivity index (χ3n) is 2.86. The average Bonchev–Trinajstić information content (AvgIpc) is 2.16. The van der Waals surface area contributed by atoms with Crippen molar-refractivity contribution >= 4 is 0 Å². The third kappa shape index (κ3) is 7.80. The highest BCUT2D eigenvalue weighted by atomic mass is 16.5. The average molecular weight is 216 g/mol. The number of aliphatic hydroxyl groups is 1. The highest BCUT2D eigenvalue weighted by Crippen LogP contribution is 2.19. The Bertz CT molecular complexity index is 131. The highest BCUT2D eigenvalue weighted by Gasteiger charge is 2.17. The zero-order valence-electron chi connectivity index (χ0n) is 11.0. The molecule has 3 atom stereocenters. The molecule has 0 bridgehead atoms. The van der Waals surface area contributed by atoms with E-state index in [1.165, 1.54) is 6.42 Å². The summed E-state index contributed by atoms with van der Waals surface area (Å²) in [4.78, 5) is 0. The van der Waals surface area contributed by atoms with E-state index < -0.39 is 0 Å². The summed E-state index contributed by atoms with van der Waals surface area (Å²) < 4.78 is 5.76. The van der Waals surface area contributed by atoms with Crippen LogP contribution in [0, 0.1) is 11.8 Å². The van der Waals surface area contributed by atoms with Gasteiger partial charge in [0, 0.05) is 0 Å². The molecule has 0 aromatic heterocycles. The van der Waals surface area contributed by atoms with Crippen molar-refractivity contribution in [2.75, 3.05) is 6.61 Å². The monoisotopic (exact) mass is 216 g/mol. The maximum absolute atomic E-state index is 9.21. The fraction of sp³-hybridized carbons (Fsp3) is 1.00. The van der Waals surface area contributed by atoms with Crippen LogP contribution >= 0.6 is 0 Å². The summed E-state index contributed by atoms with van der Waals surface area (Å²) in [6.07, 6.45) is 3.42. The van der Waals surface area contributed by atoms with Gasteiger partial charge in [-0.3, -0.25) is 0 Å². The summed E-state index contributed by atoms with van der Waals surface area (Å²) in [5.74, 6) is 1.31.